The monoisotopic (exact) mass is 421 g/mol. The average molecular weight is 422 g/mol. The smallest absolute Gasteiger partial charge is 0.246 e. The highest BCUT2D eigenvalue weighted by atomic mass is 16.5. The van der Waals surface area contributed by atoms with Gasteiger partial charge in [-0.25, -0.2) is 4.98 Å². The summed E-state index contributed by atoms with van der Waals surface area (Å²) in [4.78, 5) is 19.0. The summed E-state index contributed by atoms with van der Waals surface area (Å²) in [6, 6.07) is 13.7. The van der Waals surface area contributed by atoms with Crippen molar-refractivity contribution in [1.82, 2.24) is 14.5 Å². The van der Waals surface area contributed by atoms with Gasteiger partial charge in [-0.05, 0) is 48.7 Å². The van der Waals surface area contributed by atoms with Gasteiger partial charge in [0, 0.05) is 19.7 Å². The third kappa shape index (κ3) is 5.45. The quantitative estimate of drug-likeness (QED) is 0.467. The van der Waals surface area contributed by atoms with Gasteiger partial charge in [0.15, 0.2) is 11.5 Å². The van der Waals surface area contributed by atoms with E-state index < -0.39 is 0 Å². The number of nitrogens with zero attached hydrogens (tertiary/aromatic N) is 3. The number of ether oxygens (including phenoxy) is 2. The molecule has 0 spiro atoms. The first kappa shape index (κ1) is 22.4. The summed E-state index contributed by atoms with van der Waals surface area (Å²) in [6.45, 7) is 8.15. The second-order valence-electron chi connectivity index (χ2n) is 7.90. The second kappa shape index (κ2) is 10.2. The highest BCUT2D eigenvalue weighted by Crippen LogP contribution is 2.29. The fourth-order valence-electron chi connectivity index (χ4n) is 3.35. The van der Waals surface area contributed by atoms with Crippen LogP contribution >= 0.6 is 0 Å². The van der Waals surface area contributed by atoms with E-state index in [2.05, 4.69) is 31.4 Å². The Kier molecular flexibility index (Phi) is 7.34. The molecule has 1 amide bonds. The number of benzene rings is 2. The summed E-state index contributed by atoms with van der Waals surface area (Å²) in [6.07, 6.45) is 3.36. The fourth-order valence-corrected chi connectivity index (χ4v) is 3.35. The van der Waals surface area contributed by atoms with Crippen molar-refractivity contribution in [2.24, 2.45) is 5.92 Å². The van der Waals surface area contributed by atoms with Gasteiger partial charge in [0.2, 0.25) is 5.91 Å². The molecule has 0 aliphatic heterocycles. The van der Waals surface area contributed by atoms with E-state index in [1.807, 2.05) is 36.4 Å². The van der Waals surface area contributed by atoms with Crippen molar-refractivity contribution < 1.29 is 14.3 Å². The number of methoxy groups -OCH3 is 1. The van der Waals surface area contributed by atoms with Crippen LogP contribution in [0.15, 0.2) is 48.5 Å². The van der Waals surface area contributed by atoms with Crippen LogP contribution in [0, 0.1) is 5.92 Å². The number of para-hydroxylation sites is 2. The lowest BCUT2D eigenvalue weighted by molar-refractivity contribution is -0.125. The summed E-state index contributed by atoms with van der Waals surface area (Å²) in [5.74, 6) is 2.57. The first-order valence-corrected chi connectivity index (χ1v) is 10.6. The maximum Gasteiger partial charge on any atom is 0.246 e. The van der Waals surface area contributed by atoms with Crippen LogP contribution in [0.1, 0.15) is 32.2 Å². The molecule has 3 rings (SSSR count). The van der Waals surface area contributed by atoms with Gasteiger partial charge in [0.1, 0.15) is 5.82 Å². The number of carbonyl (C=O) groups excluding carboxylic acids is 1. The number of amides is 1. The largest absolute Gasteiger partial charge is 0.493 e. The first-order valence-electron chi connectivity index (χ1n) is 10.6. The first-order chi connectivity index (χ1) is 14.9. The molecule has 1 aromatic heterocycles. The summed E-state index contributed by atoms with van der Waals surface area (Å²) in [5.41, 5.74) is 2.90. The molecule has 0 radical (unpaired) electrons. The fraction of sp³-hybridized carbons (Fsp3) is 0.360. The average Bonchev–Trinajstić information content (AvgIpc) is 3.12. The van der Waals surface area contributed by atoms with Crippen LogP contribution in [0.3, 0.4) is 0 Å². The molecule has 0 aliphatic rings. The molecule has 0 saturated heterocycles. The maximum atomic E-state index is 12.7. The van der Waals surface area contributed by atoms with E-state index in [1.54, 1.807) is 31.2 Å². The van der Waals surface area contributed by atoms with Crippen molar-refractivity contribution in [2.75, 3.05) is 20.8 Å². The Morgan fingerprint density at radius 3 is 2.68 bits per heavy atom. The van der Waals surface area contributed by atoms with Crippen molar-refractivity contribution in [1.29, 1.82) is 0 Å². The van der Waals surface area contributed by atoms with Gasteiger partial charge in [0.05, 0.1) is 31.3 Å². The highest BCUT2D eigenvalue weighted by molar-refractivity contribution is 5.91. The molecule has 31 heavy (non-hydrogen) atoms. The molecule has 6 nitrogen and oxygen atoms in total. The number of hydrogen-bond donors (Lipinski definition) is 0. The van der Waals surface area contributed by atoms with Crippen molar-refractivity contribution in [3.8, 4) is 11.5 Å². The minimum Gasteiger partial charge on any atom is -0.493 e. The van der Waals surface area contributed by atoms with Gasteiger partial charge in [-0.2, -0.15) is 0 Å². The second-order valence-corrected chi connectivity index (χ2v) is 7.90. The zero-order valence-corrected chi connectivity index (χ0v) is 19.0. The Hall–Kier alpha value is -3.28. The third-order valence-corrected chi connectivity index (χ3v) is 4.98. The van der Waals surface area contributed by atoms with E-state index in [1.165, 1.54) is 0 Å². The summed E-state index contributed by atoms with van der Waals surface area (Å²) in [5, 5.41) is 0. The lowest BCUT2D eigenvalue weighted by atomic mass is 10.2. The molecule has 164 valence electrons. The molecule has 2 aromatic carbocycles. The molecular weight excluding hydrogens is 390 g/mol. The van der Waals surface area contributed by atoms with E-state index in [0.29, 0.717) is 30.6 Å². The van der Waals surface area contributed by atoms with Crippen molar-refractivity contribution in [3.63, 3.8) is 0 Å². The minimum absolute atomic E-state index is 0.0891. The maximum absolute atomic E-state index is 12.7. The number of likely N-dealkylation sites (N-methyl/N-ethyl adjacent to an activating group) is 1. The number of imidazole rings is 1. The zero-order chi connectivity index (χ0) is 22.4. The summed E-state index contributed by atoms with van der Waals surface area (Å²) >= 11 is 0. The Bertz CT molecular complexity index is 1070. The van der Waals surface area contributed by atoms with Gasteiger partial charge in [-0.3, -0.25) is 4.79 Å². The van der Waals surface area contributed by atoms with E-state index in [-0.39, 0.29) is 5.91 Å². The van der Waals surface area contributed by atoms with E-state index >= 15 is 0 Å². The molecule has 0 atom stereocenters. The van der Waals surface area contributed by atoms with Crippen LogP contribution in [-0.4, -0.2) is 41.1 Å². The topological polar surface area (TPSA) is 56.6 Å². The number of aromatic nitrogens is 2. The normalized spacial score (nSPS) is 11.4. The number of hydrogen-bond acceptors (Lipinski definition) is 4. The number of fused-ring (bicyclic) bond motifs is 1. The molecule has 0 fully saturated rings. The molecular formula is C25H31N3O3. The van der Waals surface area contributed by atoms with Crippen LogP contribution in [0.25, 0.3) is 17.1 Å². The number of aryl methyl sites for hydroxylation is 1. The zero-order valence-electron chi connectivity index (χ0n) is 19.0. The Labute approximate surface area is 184 Å². The third-order valence-electron chi connectivity index (χ3n) is 4.98. The molecule has 0 aliphatic carbocycles. The molecule has 0 unspecified atom stereocenters. The van der Waals surface area contributed by atoms with E-state index in [9.17, 15) is 4.79 Å². The van der Waals surface area contributed by atoms with Crippen LogP contribution in [-0.2, 0) is 17.9 Å². The van der Waals surface area contributed by atoms with Crippen molar-refractivity contribution >= 4 is 23.0 Å². The van der Waals surface area contributed by atoms with Gasteiger partial charge < -0.3 is 18.9 Å². The Balaban J connectivity index is 1.69. The molecule has 3 aromatic rings. The number of rotatable bonds is 9. The van der Waals surface area contributed by atoms with Crippen molar-refractivity contribution in [3.05, 3.63) is 59.9 Å². The van der Waals surface area contributed by atoms with Crippen LogP contribution in [0.4, 0.5) is 0 Å². The summed E-state index contributed by atoms with van der Waals surface area (Å²) in [7, 11) is 3.40. The van der Waals surface area contributed by atoms with Gasteiger partial charge in [0.25, 0.3) is 0 Å². The molecule has 0 bridgehead atoms. The molecule has 6 heteroatoms. The van der Waals surface area contributed by atoms with Gasteiger partial charge >= 0.3 is 0 Å². The van der Waals surface area contributed by atoms with Gasteiger partial charge in [-0.1, -0.05) is 32.0 Å². The minimum atomic E-state index is -0.0891. The van der Waals surface area contributed by atoms with Crippen LogP contribution < -0.4 is 9.47 Å². The van der Waals surface area contributed by atoms with Crippen LogP contribution in [0.5, 0.6) is 11.5 Å². The number of carbonyl (C=O) groups is 1. The molecule has 0 N–H and O–H groups in total. The summed E-state index contributed by atoms with van der Waals surface area (Å²) < 4.78 is 13.4. The van der Waals surface area contributed by atoms with Crippen molar-refractivity contribution in [2.45, 2.75) is 33.9 Å². The highest BCUT2D eigenvalue weighted by Gasteiger charge is 2.13. The predicted octanol–water partition coefficient (Wildman–Crippen LogP) is 4.77. The Morgan fingerprint density at radius 2 is 1.97 bits per heavy atom. The van der Waals surface area contributed by atoms with Crippen LogP contribution in [0.2, 0.25) is 0 Å². The molecule has 0 saturated carbocycles. The standard InChI is InChI=1S/C25H31N3O3/c1-6-28-21-10-8-7-9-20(21)26-24(28)16-27(4)25(29)14-12-19-11-13-22(23(15-19)30-5)31-17-18(2)3/h7-15,18H,6,16-17H2,1-5H3/b14-12+. The van der Waals surface area contributed by atoms with Gasteiger partial charge in [-0.15, -0.1) is 0 Å². The Morgan fingerprint density at radius 1 is 1.19 bits per heavy atom. The molecule has 1 heterocycles. The predicted molar refractivity (Wildman–Crippen MR) is 124 cm³/mol. The lowest BCUT2D eigenvalue weighted by Crippen LogP contribution is -2.26. The lowest BCUT2D eigenvalue weighted by Gasteiger charge is -2.16. The van der Waals surface area contributed by atoms with E-state index in [4.69, 9.17) is 14.5 Å². The SMILES string of the molecule is CCn1c(CN(C)C(=O)/C=C/c2ccc(OCC(C)C)c(OC)c2)nc2ccccc21. The van der Waals surface area contributed by atoms with E-state index in [0.717, 1.165) is 29.0 Å².